The van der Waals surface area contributed by atoms with E-state index in [-0.39, 0.29) is 23.3 Å². The zero-order valence-electron chi connectivity index (χ0n) is 18.1. The van der Waals surface area contributed by atoms with E-state index in [0.29, 0.717) is 39.8 Å². The van der Waals surface area contributed by atoms with E-state index in [9.17, 15) is 17.6 Å². The number of anilines is 3. The molecule has 7 nitrogen and oxygen atoms in total. The summed E-state index contributed by atoms with van der Waals surface area (Å²) in [6.07, 6.45) is 1.12. The average molecular weight is 456 g/mol. The van der Waals surface area contributed by atoms with Gasteiger partial charge in [-0.2, -0.15) is 0 Å². The van der Waals surface area contributed by atoms with Crippen molar-refractivity contribution < 1.29 is 22.3 Å². The molecule has 0 saturated carbocycles. The lowest BCUT2D eigenvalue weighted by molar-refractivity contribution is 0.0983. The van der Waals surface area contributed by atoms with Crippen LogP contribution in [0.2, 0.25) is 0 Å². The minimum Gasteiger partial charge on any atom is -0.481 e. The van der Waals surface area contributed by atoms with Gasteiger partial charge in [0.2, 0.25) is 5.88 Å². The molecule has 9 heteroatoms. The highest BCUT2D eigenvalue weighted by atomic mass is 32.2. The van der Waals surface area contributed by atoms with Gasteiger partial charge in [-0.25, -0.2) is 17.8 Å². The van der Waals surface area contributed by atoms with Crippen LogP contribution in [0, 0.1) is 19.7 Å². The maximum absolute atomic E-state index is 13.8. The second-order valence-electron chi connectivity index (χ2n) is 7.64. The number of ether oxygens (including phenoxy) is 1. The van der Waals surface area contributed by atoms with Crippen LogP contribution in [0.4, 0.5) is 21.5 Å². The van der Waals surface area contributed by atoms with Gasteiger partial charge < -0.3 is 9.64 Å². The minimum atomic E-state index is -3.49. The summed E-state index contributed by atoms with van der Waals surface area (Å²) < 4.78 is 43.3. The molecular formula is C23H22FN3O4S. The molecule has 32 heavy (non-hydrogen) atoms. The van der Waals surface area contributed by atoms with Gasteiger partial charge in [0.15, 0.2) is 9.84 Å². The Balaban J connectivity index is 1.92. The van der Waals surface area contributed by atoms with Gasteiger partial charge in [-0.1, -0.05) is 0 Å². The van der Waals surface area contributed by atoms with Gasteiger partial charge in [-0.05, 0) is 61.9 Å². The van der Waals surface area contributed by atoms with Crippen LogP contribution in [-0.4, -0.2) is 39.3 Å². The largest absolute Gasteiger partial charge is 0.481 e. The highest BCUT2D eigenvalue weighted by Crippen LogP contribution is 2.39. The lowest BCUT2D eigenvalue weighted by Crippen LogP contribution is -2.45. The smallest absolute Gasteiger partial charge is 0.261 e. The Hall–Kier alpha value is -3.46. The van der Waals surface area contributed by atoms with E-state index in [1.165, 1.54) is 37.4 Å². The number of fused-ring (bicyclic) bond motifs is 1. The molecule has 1 aliphatic heterocycles. The quantitative estimate of drug-likeness (QED) is 0.592. The van der Waals surface area contributed by atoms with Crippen LogP contribution in [0.25, 0.3) is 0 Å². The van der Waals surface area contributed by atoms with E-state index in [1.807, 2.05) is 4.90 Å². The molecular weight excluding hydrogens is 433 g/mol. The van der Waals surface area contributed by atoms with E-state index < -0.39 is 9.84 Å². The van der Waals surface area contributed by atoms with Crippen molar-refractivity contribution in [2.45, 2.75) is 18.7 Å². The first-order chi connectivity index (χ1) is 15.1. The fourth-order valence-electron chi connectivity index (χ4n) is 3.82. The monoisotopic (exact) mass is 455 g/mol. The Bertz CT molecular complexity index is 1340. The van der Waals surface area contributed by atoms with Gasteiger partial charge in [0, 0.05) is 18.0 Å². The molecule has 0 aliphatic carbocycles. The number of benzene rings is 2. The van der Waals surface area contributed by atoms with Crippen LogP contribution in [0.3, 0.4) is 0 Å². The number of pyridine rings is 1. The second kappa shape index (κ2) is 7.90. The predicted molar refractivity (Wildman–Crippen MR) is 120 cm³/mol. The molecule has 4 rings (SSSR count). The third kappa shape index (κ3) is 3.80. The van der Waals surface area contributed by atoms with Gasteiger partial charge in [0.1, 0.15) is 12.5 Å². The van der Waals surface area contributed by atoms with Crippen molar-refractivity contribution in [1.29, 1.82) is 0 Å². The number of methoxy groups -OCH3 is 1. The molecule has 1 aromatic heterocycles. The number of nitrogens with zero attached hydrogens (tertiary/aromatic N) is 3. The van der Waals surface area contributed by atoms with Crippen LogP contribution in [0.15, 0.2) is 53.4 Å². The number of halogens is 1. The van der Waals surface area contributed by atoms with Crippen molar-refractivity contribution in [3.8, 4) is 5.88 Å². The first-order valence-electron chi connectivity index (χ1n) is 9.81. The number of rotatable bonds is 4. The van der Waals surface area contributed by atoms with E-state index in [0.717, 1.165) is 6.26 Å². The van der Waals surface area contributed by atoms with Gasteiger partial charge in [0.25, 0.3) is 5.91 Å². The maximum Gasteiger partial charge on any atom is 0.261 e. The number of carbonyl (C=O) groups is 1. The number of hydrogen-bond acceptors (Lipinski definition) is 6. The average Bonchev–Trinajstić information content (AvgIpc) is 2.74. The summed E-state index contributed by atoms with van der Waals surface area (Å²) in [5.74, 6) is -0.234. The van der Waals surface area contributed by atoms with Gasteiger partial charge >= 0.3 is 0 Å². The Kier molecular flexibility index (Phi) is 5.37. The number of aryl methyl sites for hydroxylation is 2. The topological polar surface area (TPSA) is 79.8 Å². The first-order valence-corrected chi connectivity index (χ1v) is 11.7. The van der Waals surface area contributed by atoms with Crippen molar-refractivity contribution in [1.82, 2.24) is 4.98 Å². The number of aromatic nitrogens is 1. The number of sulfone groups is 1. The second-order valence-corrected chi connectivity index (χ2v) is 9.66. The van der Waals surface area contributed by atoms with E-state index >= 15 is 0 Å². The molecule has 3 aromatic rings. The van der Waals surface area contributed by atoms with Crippen molar-refractivity contribution in [2.24, 2.45) is 0 Å². The molecule has 1 amide bonds. The van der Waals surface area contributed by atoms with Crippen LogP contribution in [-0.2, 0) is 9.84 Å². The van der Waals surface area contributed by atoms with Crippen LogP contribution >= 0.6 is 0 Å². The standard InChI is InChI=1S/C23H22FN3O4S/c1-14-11-16(24)5-8-19(14)26-13-27(20-9-10-22(31-3)25-15(20)2)23(28)18-7-6-17(12-21(18)26)32(4,29)30/h5-12H,13H2,1-4H3. The molecule has 0 saturated heterocycles. The number of hydrogen-bond donors (Lipinski definition) is 0. The molecule has 0 radical (unpaired) electrons. The molecule has 2 aromatic carbocycles. The Labute approximate surface area is 186 Å². The third-order valence-electron chi connectivity index (χ3n) is 5.43. The Morgan fingerprint density at radius 1 is 0.969 bits per heavy atom. The molecule has 166 valence electrons. The van der Waals surface area contributed by atoms with Gasteiger partial charge in [-0.15, -0.1) is 0 Å². The fraction of sp³-hybridized carbons (Fsp3) is 0.217. The minimum absolute atomic E-state index is 0.0976. The molecule has 0 bridgehead atoms. The van der Waals surface area contributed by atoms with E-state index in [2.05, 4.69) is 4.98 Å². The fourth-order valence-corrected chi connectivity index (χ4v) is 4.46. The van der Waals surface area contributed by atoms with Crippen molar-refractivity contribution in [3.63, 3.8) is 0 Å². The molecule has 2 heterocycles. The van der Waals surface area contributed by atoms with Crippen LogP contribution in [0.1, 0.15) is 21.6 Å². The Morgan fingerprint density at radius 2 is 1.69 bits per heavy atom. The lowest BCUT2D eigenvalue weighted by Gasteiger charge is -2.39. The SMILES string of the molecule is COc1ccc(N2CN(c3ccc(F)cc3C)c3cc(S(C)(=O)=O)ccc3C2=O)c(C)n1. The summed E-state index contributed by atoms with van der Waals surface area (Å²) in [6, 6.07) is 12.2. The van der Waals surface area contributed by atoms with Gasteiger partial charge in [0.05, 0.1) is 34.6 Å². The van der Waals surface area contributed by atoms with Crippen LogP contribution in [0.5, 0.6) is 5.88 Å². The van der Waals surface area contributed by atoms with Gasteiger partial charge in [-0.3, -0.25) is 9.69 Å². The molecule has 1 aliphatic rings. The van der Waals surface area contributed by atoms with Crippen molar-refractivity contribution in [2.75, 3.05) is 29.8 Å². The maximum atomic E-state index is 13.8. The molecule has 0 fully saturated rings. The molecule has 0 unspecified atom stereocenters. The lowest BCUT2D eigenvalue weighted by atomic mass is 10.0. The van der Waals surface area contributed by atoms with E-state index in [4.69, 9.17) is 4.74 Å². The first kappa shape index (κ1) is 21.8. The zero-order valence-corrected chi connectivity index (χ0v) is 18.9. The summed E-state index contributed by atoms with van der Waals surface area (Å²) in [5.41, 5.74) is 3.29. The predicted octanol–water partition coefficient (Wildman–Crippen LogP) is 4.01. The third-order valence-corrected chi connectivity index (χ3v) is 6.54. The zero-order chi connectivity index (χ0) is 23.2. The Morgan fingerprint density at radius 3 is 2.31 bits per heavy atom. The summed E-state index contributed by atoms with van der Waals surface area (Å²) in [4.78, 5) is 21.3. The number of carbonyl (C=O) groups excluding carboxylic acids is 1. The molecule has 0 atom stereocenters. The van der Waals surface area contributed by atoms with Crippen molar-refractivity contribution >= 4 is 32.8 Å². The summed E-state index contributed by atoms with van der Waals surface area (Å²) in [5, 5.41) is 0. The van der Waals surface area contributed by atoms with Crippen molar-refractivity contribution in [3.05, 3.63) is 71.2 Å². The summed E-state index contributed by atoms with van der Waals surface area (Å²) >= 11 is 0. The summed E-state index contributed by atoms with van der Waals surface area (Å²) in [7, 11) is -1.98. The highest BCUT2D eigenvalue weighted by Gasteiger charge is 2.33. The normalized spacial score (nSPS) is 13.8. The van der Waals surface area contributed by atoms with Crippen LogP contribution < -0.4 is 14.5 Å². The highest BCUT2D eigenvalue weighted by molar-refractivity contribution is 7.90. The molecule has 0 spiro atoms. The molecule has 0 N–H and O–H groups in total. The number of amides is 1. The van der Waals surface area contributed by atoms with E-state index in [1.54, 1.807) is 36.9 Å². The summed E-state index contributed by atoms with van der Waals surface area (Å²) in [6.45, 7) is 3.64.